The molecule has 0 saturated carbocycles. The van der Waals surface area contributed by atoms with E-state index in [0.717, 1.165) is 99.5 Å². The predicted octanol–water partition coefficient (Wildman–Crippen LogP) is 13.7. The number of nitriles is 1. The molecule has 0 aliphatic rings. The zero-order chi connectivity index (χ0) is 34.6. The van der Waals surface area contributed by atoms with Crippen molar-refractivity contribution in [3.8, 4) is 61.7 Å². The summed E-state index contributed by atoms with van der Waals surface area (Å²) >= 11 is 0. The van der Waals surface area contributed by atoms with Crippen LogP contribution in [0.5, 0.6) is 0 Å². The number of hydrogen-bond acceptors (Lipinski definition) is 3. The van der Waals surface area contributed by atoms with Crippen LogP contribution >= 0.6 is 0 Å². The molecule has 10 aromatic rings. The molecule has 52 heavy (non-hydrogen) atoms. The molecule has 0 unspecified atom stereocenters. The highest BCUT2D eigenvalue weighted by atomic mass is 16.3. The van der Waals surface area contributed by atoms with Crippen LogP contribution in [-0.2, 0) is 0 Å². The van der Waals surface area contributed by atoms with Crippen LogP contribution in [0.4, 0.5) is 0 Å². The molecule has 0 aliphatic heterocycles. The molecule has 242 valence electrons. The van der Waals surface area contributed by atoms with Crippen LogP contribution in [0.3, 0.4) is 0 Å². The molecule has 0 radical (unpaired) electrons. The van der Waals surface area contributed by atoms with Crippen LogP contribution < -0.4 is 0 Å². The maximum Gasteiger partial charge on any atom is 0.143 e. The Kier molecular flexibility index (Phi) is 6.87. The summed E-state index contributed by atoms with van der Waals surface area (Å²) in [5.74, 6) is 0. The molecule has 10 rings (SSSR count). The Balaban J connectivity index is 1.23. The van der Waals surface area contributed by atoms with Crippen molar-refractivity contribution in [1.82, 2.24) is 0 Å². The summed E-state index contributed by atoms with van der Waals surface area (Å²) in [5, 5.41) is 15.2. The van der Waals surface area contributed by atoms with Gasteiger partial charge in [0.15, 0.2) is 0 Å². The van der Waals surface area contributed by atoms with E-state index in [-0.39, 0.29) is 0 Å². The topological polar surface area (TPSA) is 50.1 Å². The fourth-order valence-electron chi connectivity index (χ4n) is 7.67. The monoisotopic (exact) mass is 663 g/mol. The molecule has 0 N–H and O–H groups in total. The predicted molar refractivity (Wildman–Crippen MR) is 213 cm³/mol. The summed E-state index contributed by atoms with van der Waals surface area (Å²) < 4.78 is 12.7. The summed E-state index contributed by atoms with van der Waals surface area (Å²) in [5.41, 5.74) is 14.1. The minimum Gasteiger partial charge on any atom is -0.456 e. The zero-order valence-corrected chi connectivity index (χ0v) is 28.0. The van der Waals surface area contributed by atoms with Crippen LogP contribution in [0, 0.1) is 11.3 Å². The number of fused-ring (bicyclic) bond motifs is 6. The van der Waals surface area contributed by atoms with Crippen molar-refractivity contribution in [1.29, 1.82) is 5.26 Å². The van der Waals surface area contributed by atoms with Gasteiger partial charge in [0, 0.05) is 38.2 Å². The molecule has 0 aliphatic carbocycles. The first-order valence-electron chi connectivity index (χ1n) is 17.4. The van der Waals surface area contributed by atoms with Gasteiger partial charge in [0.2, 0.25) is 0 Å². The van der Waals surface area contributed by atoms with Gasteiger partial charge in [-0.3, -0.25) is 0 Å². The van der Waals surface area contributed by atoms with Crippen molar-refractivity contribution in [2.75, 3.05) is 0 Å². The van der Waals surface area contributed by atoms with E-state index < -0.39 is 0 Å². The van der Waals surface area contributed by atoms with Crippen LogP contribution in [0.15, 0.2) is 185 Å². The second kappa shape index (κ2) is 12.0. The lowest BCUT2D eigenvalue weighted by atomic mass is 9.85. The standard InChI is InChI=1S/C49H29NO2/c50-30-45-41(34-23-25-48-44(27-34)40-20-11-19-37(49(40)52-48)32-14-5-2-6-15-32)28-35(33-22-24-47-43(26-33)39-18-9-10-21-46(39)51-47)29-42(45)38-17-8-7-16-36(38)31-12-3-1-4-13-31/h1-29H. The van der Waals surface area contributed by atoms with Gasteiger partial charge in [0.25, 0.3) is 0 Å². The molecule has 2 aromatic heterocycles. The molecule has 3 nitrogen and oxygen atoms in total. The molecule has 0 bridgehead atoms. The van der Waals surface area contributed by atoms with Gasteiger partial charge < -0.3 is 8.83 Å². The molecule has 0 amide bonds. The van der Waals surface area contributed by atoms with Crippen molar-refractivity contribution >= 4 is 43.9 Å². The average molecular weight is 664 g/mol. The summed E-state index contributed by atoms with van der Waals surface area (Å²) in [7, 11) is 0. The number of furan rings is 2. The van der Waals surface area contributed by atoms with E-state index in [9.17, 15) is 5.26 Å². The Morgan fingerprint density at radius 2 is 0.885 bits per heavy atom. The molecular formula is C49H29NO2. The highest BCUT2D eigenvalue weighted by molar-refractivity contribution is 6.11. The maximum atomic E-state index is 11.0. The van der Waals surface area contributed by atoms with Gasteiger partial charge >= 0.3 is 0 Å². The summed E-state index contributed by atoms with van der Waals surface area (Å²) in [6.45, 7) is 0. The molecule has 8 aromatic carbocycles. The fraction of sp³-hybridized carbons (Fsp3) is 0. The lowest BCUT2D eigenvalue weighted by Gasteiger charge is -2.17. The second-order valence-electron chi connectivity index (χ2n) is 13.1. The van der Waals surface area contributed by atoms with E-state index in [1.54, 1.807) is 0 Å². The van der Waals surface area contributed by atoms with E-state index in [2.05, 4.69) is 121 Å². The first-order valence-corrected chi connectivity index (χ1v) is 17.4. The number of hydrogen-bond donors (Lipinski definition) is 0. The number of rotatable bonds is 5. The minimum absolute atomic E-state index is 0.624. The third-order valence-electron chi connectivity index (χ3n) is 10.2. The molecule has 3 heteroatoms. The van der Waals surface area contributed by atoms with E-state index in [0.29, 0.717) is 5.56 Å². The Morgan fingerprint density at radius 3 is 1.67 bits per heavy atom. The van der Waals surface area contributed by atoms with E-state index in [4.69, 9.17) is 8.83 Å². The smallest absolute Gasteiger partial charge is 0.143 e. The number of benzene rings is 8. The Hall–Kier alpha value is -7.15. The molecule has 0 saturated heterocycles. The van der Waals surface area contributed by atoms with Gasteiger partial charge in [-0.05, 0) is 81.4 Å². The molecule has 2 heterocycles. The lowest BCUT2D eigenvalue weighted by Crippen LogP contribution is -1.94. The van der Waals surface area contributed by atoms with Crippen LogP contribution in [0.1, 0.15) is 5.56 Å². The summed E-state index contributed by atoms with van der Waals surface area (Å²) in [4.78, 5) is 0. The van der Waals surface area contributed by atoms with Crippen molar-refractivity contribution in [2.45, 2.75) is 0 Å². The number of para-hydroxylation sites is 2. The van der Waals surface area contributed by atoms with Crippen molar-refractivity contribution < 1.29 is 8.83 Å². The zero-order valence-electron chi connectivity index (χ0n) is 28.0. The molecule has 0 spiro atoms. The summed E-state index contributed by atoms with van der Waals surface area (Å²) in [6, 6.07) is 63.2. The number of nitrogens with zero attached hydrogens (tertiary/aromatic N) is 1. The Labute approximate surface area is 300 Å². The lowest BCUT2D eigenvalue weighted by molar-refractivity contribution is 0.669. The molecule has 0 atom stereocenters. The SMILES string of the molecule is N#Cc1c(-c2ccc3oc4c(-c5ccccc5)cccc4c3c2)cc(-c2ccc3oc4ccccc4c3c2)cc1-c1ccccc1-c1ccccc1. The van der Waals surface area contributed by atoms with Crippen LogP contribution in [0.25, 0.3) is 99.5 Å². The van der Waals surface area contributed by atoms with Gasteiger partial charge in [-0.1, -0.05) is 133 Å². The van der Waals surface area contributed by atoms with Gasteiger partial charge in [-0.15, -0.1) is 0 Å². The Morgan fingerprint density at radius 1 is 0.327 bits per heavy atom. The normalized spacial score (nSPS) is 11.4. The largest absolute Gasteiger partial charge is 0.456 e. The quantitative estimate of drug-likeness (QED) is 0.184. The minimum atomic E-state index is 0.624. The average Bonchev–Trinajstić information content (AvgIpc) is 3.79. The van der Waals surface area contributed by atoms with E-state index in [1.165, 1.54) is 0 Å². The first-order chi connectivity index (χ1) is 25.7. The second-order valence-corrected chi connectivity index (χ2v) is 13.1. The van der Waals surface area contributed by atoms with Gasteiger partial charge in [0.05, 0.1) is 5.56 Å². The van der Waals surface area contributed by atoms with Crippen LogP contribution in [-0.4, -0.2) is 0 Å². The van der Waals surface area contributed by atoms with Crippen molar-refractivity contribution in [3.63, 3.8) is 0 Å². The third kappa shape index (κ3) is 4.81. The van der Waals surface area contributed by atoms with Crippen LogP contribution in [0.2, 0.25) is 0 Å². The Bertz CT molecular complexity index is 3020. The maximum absolute atomic E-state index is 11.0. The fourth-order valence-corrected chi connectivity index (χ4v) is 7.67. The van der Waals surface area contributed by atoms with Gasteiger partial charge in [0.1, 0.15) is 28.4 Å². The summed E-state index contributed by atoms with van der Waals surface area (Å²) in [6.07, 6.45) is 0. The van der Waals surface area contributed by atoms with Gasteiger partial charge in [-0.2, -0.15) is 5.26 Å². The van der Waals surface area contributed by atoms with E-state index in [1.807, 2.05) is 60.7 Å². The third-order valence-corrected chi connectivity index (χ3v) is 10.2. The van der Waals surface area contributed by atoms with E-state index >= 15 is 0 Å². The highest BCUT2D eigenvalue weighted by Gasteiger charge is 2.20. The first kappa shape index (κ1) is 29.7. The molecular weight excluding hydrogens is 635 g/mol. The van der Waals surface area contributed by atoms with Crippen molar-refractivity contribution in [3.05, 3.63) is 181 Å². The molecule has 0 fully saturated rings. The highest BCUT2D eigenvalue weighted by Crippen LogP contribution is 2.44. The van der Waals surface area contributed by atoms with Crippen molar-refractivity contribution in [2.24, 2.45) is 0 Å². The van der Waals surface area contributed by atoms with Gasteiger partial charge in [-0.25, -0.2) is 0 Å².